The van der Waals surface area contributed by atoms with Gasteiger partial charge in [0, 0.05) is 5.92 Å². The number of aliphatic hydroxyl groups excluding tert-OH is 1. The van der Waals surface area contributed by atoms with Crippen LogP contribution >= 0.6 is 0 Å². The lowest BCUT2D eigenvalue weighted by Crippen LogP contribution is -2.33. The largest absolute Gasteiger partial charge is 0.466 e. The second kappa shape index (κ2) is 6.05. The minimum Gasteiger partial charge on any atom is -0.466 e. The van der Waals surface area contributed by atoms with Crippen LogP contribution in [0.3, 0.4) is 0 Å². The molecule has 1 aromatic carbocycles. The standard InChI is InChI=1S/C15H14N3O2/c19-14(12-6-4-5-7-12)15(18-11-16-10-17-18)20-13-8-2-1-3-9-13/h1-11,14-15,19H. The number of hydrogen-bond donors (Lipinski definition) is 1. The molecular weight excluding hydrogens is 254 g/mol. The first-order valence-corrected chi connectivity index (χ1v) is 6.30. The van der Waals surface area contributed by atoms with Crippen LogP contribution in [0.25, 0.3) is 0 Å². The van der Waals surface area contributed by atoms with Gasteiger partial charge in [-0.05, 0) is 37.8 Å². The Kier molecular flexibility index (Phi) is 3.97. The molecule has 20 heavy (non-hydrogen) atoms. The fraction of sp³-hybridized carbons (Fsp3) is 0.133. The van der Waals surface area contributed by atoms with Crippen LogP contribution in [0.2, 0.25) is 0 Å². The van der Waals surface area contributed by atoms with Gasteiger partial charge in [-0.3, -0.25) is 0 Å². The maximum absolute atomic E-state index is 10.5. The summed E-state index contributed by atoms with van der Waals surface area (Å²) in [6.45, 7) is 0. The molecule has 0 amide bonds. The lowest BCUT2D eigenvalue weighted by Gasteiger charge is -2.27. The number of ether oxygens (including phenoxy) is 1. The summed E-state index contributed by atoms with van der Waals surface area (Å²) in [4.78, 5) is 3.91. The maximum atomic E-state index is 10.5. The lowest BCUT2D eigenvalue weighted by atomic mass is 9.99. The highest BCUT2D eigenvalue weighted by atomic mass is 16.5. The zero-order valence-corrected chi connectivity index (χ0v) is 10.7. The van der Waals surface area contributed by atoms with E-state index >= 15 is 0 Å². The molecule has 5 radical (unpaired) electrons. The van der Waals surface area contributed by atoms with Gasteiger partial charge < -0.3 is 9.84 Å². The van der Waals surface area contributed by atoms with E-state index in [1.165, 1.54) is 17.3 Å². The Bertz CT molecular complexity index is 509. The van der Waals surface area contributed by atoms with E-state index in [0.29, 0.717) is 5.75 Å². The molecule has 0 saturated heterocycles. The van der Waals surface area contributed by atoms with Crippen molar-refractivity contribution in [2.75, 3.05) is 0 Å². The highest BCUT2D eigenvalue weighted by Crippen LogP contribution is 2.32. The predicted octanol–water partition coefficient (Wildman–Crippen LogP) is 1.62. The molecule has 1 N–H and O–H groups in total. The fourth-order valence-corrected chi connectivity index (χ4v) is 2.00. The molecule has 1 fully saturated rings. The monoisotopic (exact) mass is 268 g/mol. The first kappa shape index (κ1) is 13.1. The molecule has 1 heterocycles. The van der Waals surface area contributed by atoms with Crippen LogP contribution in [0.15, 0.2) is 43.0 Å². The number of aromatic nitrogens is 3. The van der Waals surface area contributed by atoms with Crippen molar-refractivity contribution in [2.24, 2.45) is 0 Å². The van der Waals surface area contributed by atoms with Crippen LogP contribution in [-0.2, 0) is 0 Å². The highest BCUT2D eigenvalue weighted by molar-refractivity contribution is 5.38. The van der Waals surface area contributed by atoms with Gasteiger partial charge in [0.15, 0.2) is 0 Å². The number of hydrogen-bond acceptors (Lipinski definition) is 4. The van der Waals surface area contributed by atoms with E-state index in [1.54, 1.807) is 0 Å². The average molecular weight is 268 g/mol. The first-order valence-electron chi connectivity index (χ1n) is 6.30. The molecule has 2 unspecified atom stereocenters. The van der Waals surface area contributed by atoms with E-state index in [4.69, 9.17) is 4.74 Å². The van der Waals surface area contributed by atoms with Gasteiger partial charge in [-0.2, -0.15) is 5.10 Å². The Balaban J connectivity index is 1.80. The van der Waals surface area contributed by atoms with Crippen molar-refractivity contribution in [1.29, 1.82) is 0 Å². The van der Waals surface area contributed by atoms with Gasteiger partial charge in [0.2, 0.25) is 6.23 Å². The van der Waals surface area contributed by atoms with Gasteiger partial charge >= 0.3 is 0 Å². The first-order chi connectivity index (χ1) is 9.84. The molecule has 1 saturated carbocycles. The Labute approximate surface area is 118 Å². The number of aliphatic hydroxyl groups is 1. The zero-order chi connectivity index (χ0) is 13.8. The molecule has 0 spiro atoms. The quantitative estimate of drug-likeness (QED) is 0.895. The highest BCUT2D eigenvalue weighted by Gasteiger charge is 2.34. The molecule has 3 rings (SSSR count). The Morgan fingerprint density at radius 1 is 1.10 bits per heavy atom. The normalized spacial score (nSPS) is 18.9. The Hall–Kier alpha value is -1.88. The van der Waals surface area contributed by atoms with E-state index in [0.717, 1.165) is 5.92 Å². The van der Waals surface area contributed by atoms with Crippen molar-refractivity contribution in [2.45, 2.75) is 12.3 Å². The molecule has 0 bridgehead atoms. The second-order valence-electron chi connectivity index (χ2n) is 4.36. The molecule has 2 atom stereocenters. The molecule has 1 aliphatic carbocycles. The number of nitrogens with zero attached hydrogens (tertiary/aromatic N) is 3. The van der Waals surface area contributed by atoms with Gasteiger partial charge in [-0.15, -0.1) is 0 Å². The fourth-order valence-electron chi connectivity index (χ4n) is 2.00. The second-order valence-corrected chi connectivity index (χ2v) is 4.36. The van der Waals surface area contributed by atoms with E-state index in [9.17, 15) is 5.11 Å². The Morgan fingerprint density at radius 2 is 1.85 bits per heavy atom. The minimum atomic E-state index is -0.827. The van der Waals surface area contributed by atoms with Crippen molar-refractivity contribution >= 4 is 0 Å². The number of rotatable bonds is 5. The minimum absolute atomic E-state index is 0.665. The van der Waals surface area contributed by atoms with Crippen LogP contribution in [0.1, 0.15) is 6.23 Å². The third-order valence-electron chi connectivity index (χ3n) is 3.00. The number of benzene rings is 1. The van der Waals surface area contributed by atoms with Gasteiger partial charge in [0.1, 0.15) is 24.5 Å². The van der Waals surface area contributed by atoms with Crippen LogP contribution in [-0.4, -0.2) is 26.0 Å². The SMILES string of the molecule is OC([C]1[CH][CH][CH][CH]1)C(Oc1ccccc1)n1cncn1. The van der Waals surface area contributed by atoms with E-state index in [2.05, 4.69) is 10.1 Å². The van der Waals surface area contributed by atoms with E-state index < -0.39 is 12.3 Å². The van der Waals surface area contributed by atoms with E-state index in [1.807, 2.05) is 56.0 Å². The van der Waals surface area contributed by atoms with Crippen molar-refractivity contribution in [3.05, 3.63) is 74.6 Å². The zero-order valence-electron chi connectivity index (χ0n) is 10.7. The van der Waals surface area contributed by atoms with Crippen LogP contribution in [0, 0.1) is 31.6 Å². The molecular formula is C15H14N3O2. The van der Waals surface area contributed by atoms with Crippen LogP contribution in [0.5, 0.6) is 5.75 Å². The van der Waals surface area contributed by atoms with Crippen LogP contribution in [0.4, 0.5) is 0 Å². The lowest BCUT2D eigenvalue weighted by molar-refractivity contribution is -0.00497. The summed E-state index contributed by atoms with van der Waals surface area (Å²) in [6, 6.07) is 9.33. The van der Waals surface area contributed by atoms with Crippen molar-refractivity contribution < 1.29 is 9.84 Å². The summed E-state index contributed by atoms with van der Waals surface area (Å²) in [5.74, 6) is 1.44. The molecule has 5 nitrogen and oxygen atoms in total. The molecule has 1 aromatic heterocycles. The average Bonchev–Trinajstić information content (AvgIpc) is 3.18. The molecule has 2 aromatic rings. The number of para-hydroxylation sites is 1. The molecule has 5 heteroatoms. The van der Waals surface area contributed by atoms with Crippen molar-refractivity contribution in [3.8, 4) is 5.75 Å². The summed E-state index contributed by atoms with van der Waals surface area (Å²) < 4.78 is 7.36. The van der Waals surface area contributed by atoms with Gasteiger partial charge in [0.05, 0.1) is 0 Å². The summed E-state index contributed by atoms with van der Waals surface area (Å²) in [6.07, 6.45) is 8.90. The summed E-state index contributed by atoms with van der Waals surface area (Å²) in [5.41, 5.74) is 0. The summed E-state index contributed by atoms with van der Waals surface area (Å²) in [7, 11) is 0. The van der Waals surface area contributed by atoms with Crippen molar-refractivity contribution in [1.82, 2.24) is 14.8 Å². The Morgan fingerprint density at radius 3 is 2.50 bits per heavy atom. The molecule has 1 aliphatic rings. The van der Waals surface area contributed by atoms with E-state index in [-0.39, 0.29) is 0 Å². The predicted molar refractivity (Wildman–Crippen MR) is 72.6 cm³/mol. The summed E-state index contributed by atoms with van der Waals surface area (Å²) >= 11 is 0. The maximum Gasteiger partial charge on any atom is 0.219 e. The summed E-state index contributed by atoms with van der Waals surface area (Å²) in [5, 5.41) is 14.6. The van der Waals surface area contributed by atoms with Crippen LogP contribution < -0.4 is 4.74 Å². The van der Waals surface area contributed by atoms with Crippen molar-refractivity contribution in [3.63, 3.8) is 0 Å². The third-order valence-corrected chi connectivity index (χ3v) is 3.00. The van der Waals surface area contributed by atoms with Gasteiger partial charge in [0.25, 0.3) is 0 Å². The third kappa shape index (κ3) is 2.82. The van der Waals surface area contributed by atoms with Gasteiger partial charge in [-0.1, -0.05) is 18.2 Å². The molecule has 101 valence electrons. The molecule has 0 aliphatic heterocycles. The van der Waals surface area contributed by atoms with Gasteiger partial charge in [-0.25, -0.2) is 9.67 Å². The smallest absolute Gasteiger partial charge is 0.219 e. The topological polar surface area (TPSA) is 60.2 Å².